The molecule has 0 saturated heterocycles. The van der Waals surface area contributed by atoms with Crippen molar-refractivity contribution in [3.8, 4) is 5.75 Å². The minimum absolute atomic E-state index is 0.132. The Bertz CT molecular complexity index is 508. The molecule has 1 heterocycles. The number of para-hydroxylation sites is 1. The summed E-state index contributed by atoms with van der Waals surface area (Å²) in [5, 5.41) is 3.59. The van der Waals surface area contributed by atoms with Crippen LogP contribution in [-0.4, -0.2) is 24.7 Å². The van der Waals surface area contributed by atoms with Gasteiger partial charge in [-0.1, -0.05) is 23.4 Å². The molecule has 0 radical (unpaired) electrons. The fourth-order valence-corrected chi connectivity index (χ4v) is 1.69. The van der Waals surface area contributed by atoms with E-state index in [2.05, 4.69) is 9.99 Å². The average Bonchev–Trinajstić information content (AvgIpc) is 2.71. The van der Waals surface area contributed by atoms with Crippen molar-refractivity contribution >= 4 is 29.4 Å². The summed E-state index contributed by atoms with van der Waals surface area (Å²) in [5.74, 6) is 0.312. The Hall–Kier alpha value is -1.81. The molecule has 1 aliphatic rings. The molecule has 17 heavy (non-hydrogen) atoms. The van der Waals surface area contributed by atoms with Gasteiger partial charge in [-0.2, -0.15) is 0 Å². The molecular weight excluding hydrogens is 242 g/mol. The molecule has 0 atom stereocenters. The van der Waals surface area contributed by atoms with Crippen molar-refractivity contribution < 1.29 is 14.4 Å². The van der Waals surface area contributed by atoms with Gasteiger partial charge in [0.05, 0.1) is 18.6 Å². The molecule has 0 saturated carbocycles. The molecule has 88 valence electrons. The summed E-state index contributed by atoms with van der Waals surface area (Å²) in [5.41, 5.74) is 1.58. The summed E-state index contributed by atoms with van der Waals surface area (Å²) in [4.78, 5) is 16.0. The molecule has 4 nitrogen and oxygen atoms in total. The number of methoxy groups -OCH3 is 1. The second-order valence-electron chi connectivity index (χ2n) is 3.35. The number of hydrogen-bond donors (Lipinski definition) is 0. The number of benzene rings is 1. The molecule has 0 unspecified atom stereocenters. The number of rotatable bonds is 3. The summed E-state index contributed by atoms with van der Waals surface area (Å²) in [6.45, 7) is 0. The summed E-state index contributed by atoms with van der Waals surface area (Å²) < 4.78 is 5.19. The maximum atomic E-state index is 11.4. The first-order valence-corrected chi connectivity index (χ1v) is 5.49. The molecule has 0 amide bonds. The minimum atomic E-state index is -0.494. The van der Waals surface area contributed by atoms with Gasteiger partial charge in [-0.25, -0.2) is 4.79 Å². The first-order valence-electron chi connectivity index (χ1n) is 4.95. The maximum absolute atomic E-state index is 11.4. The number of alkyl halides is 1. The van der Waals surface area contributed by atoms with E-state index in [1.165, 1.54) is 0 Å². The topological polar surface area (TPSA) is 47.9 Å². The van der Waals surface area contributed by atoms with Crippen molar-refractivity contribution in [3.63, 3.8) is 0 Å². The summed E-state index contributed by atoms with van der Waals surface area (Å²) in [6.07, 6.45) is 1.66. The van der Waals surface area contributed by atoms with Crippen molar-refractivity contribution in [2.45, 2.75) is 0 Å². The Labute approximate surface area is 103 Å². The van der Waals surface area contributed by atoms with Gasteiger partial charge in [-0.15, -0.1) is 11.6 Å². The van der Waals surface area contributed by atoms with Gasteiger partial charge in [-0.3, -0.25) is 0 Å². The van der Waals surface area contributed by atoms with Crippen molar-refractivity contribution in [1.82, 2.24) is 0 Å². The second-order valence-corrected chi connectivity index (χ2v) is 3.62. The molecule has 1 aromatic carbocycles. The molecule has 0 bridgehead atoms. The summed E-state index contributed by atoms with van der Waals surface area (Å²) in [7, 11) is 1.57. The third-order valence-electron chi connectivity index (χ3n) is 2.33. The van der Waals surface area contributed by atoms with Crippen LogP contribution >= 0.6 is 11.6 Å². The Morgan fingerprint density at radius 1 is 1.47 bits per heavy atom. The lowest BCUT2D eigenvalue weighted by atomic mass is 10.1. The number of ether oxygens (including phenoxy) is 1. The summed E-state index contributed by atoms with van der Waals surface area (Å²) >= 11 is 5.67. The van der Waals surface area contributed by atoms with Crippen LogP contribution in [0.3, 0.4) is 0 Å². The zero-order chi connectivity index (χ0) is 12.3. The Morgan fingerprint density at radius 3 is 2.94 bits per heavy atom. The fraction of sp³-hybridized carbons (Fsp3) is 0.167. The molecule has 5 heteroatoms. The van der Waals surface area contributed by atoms with Crippen molar-refractivity contribution in [3.05, 3.63) is 35.4 Å². The highest BCUT2D eigenvalue weighted by atomic mass is 35.5. The zero-order valence-electron chi connectivity index (χ0n) is 9.14. The van der Waals surface area contributed by atoms with Crippen LogP contribution in [0.1, 0.15) is 5.56 Å². The maximum Gasteiger partial charge on any atom is 0.367 e. The van der Waals surface area contributed by atoms with E-state index in [0.717, 1.165) is 5.56 Å². The number of carbonyl (C=O) groups is 1. The molecular formula is C12H10ClNO3. The minimum Gasteiger partial charge on any atom is -0.496 e. The van der Waals surface area contributed by atoms with Crippen LogP contribution in [0.2, 0.25) is 0 Å². The van der Waals surface area contributed by atoms with Crippen molar-refractivity contribution in [2.24, 2.45) is 5.16 Å². The highest BCUT2D eigenvalue weighted by molar-refractivity contribution is 6.38. The van der Waals surface area contributed by atoms with Crippen LogP contribution < -0.4 is 4.74 Å². The molecule has 0 N–H and O–H groups in total. The van der Waals surface area contributed by atoms with Crippen LogP contribution in [-0.2, 0) is 9.63 Å². The average molecular weight is 252 g/mol. The number of halogens is 1. The Morgan fingerprint density at radius 2 is 2.24 bits per heavy atom. The predicted octanol–water partition coefficient (Wildman–Crippen LogP) is 2.23. The lowest BCUT2D eigenvalue weighted by Crippen LogP contribution is -2.06. The van der Waals surface area contributed by atoms with Crippen LogP contribution in [0.4, 0.5) is 0 Å². The largest absolute Gasteiger partial charge is 0.496 e. The van der Waals surface area contributed by atoms with E-state index in [1.54, 1.807) is 13.2 Å². The van der Waals surface area contributed by atoms with Gasteiger partial charge in [0.15, 0.2) is 0 Å². The standard InChI is InChI=1S/C12H10ClNO3/c1-16-11-5-3-2-4-8(11)6-9-10(7-13)14-17-12(9)15/h2-6H,7H2,1H3/b9-6+. The van der Waals surface area contributed by atoms with E-state index >= 15 is 0 Å². The van der Waals surface area contributed by atoms with E-state index in [9.17, 15) is 4.79 Å². The third kappa shape index (κ3) is 2.31. The Balaban J connectivity index is 2.41. The molecule has 0 aliphatic carbocycles. The second kappa shape index (κ2) is 5.01. The van der Waals surface area contributed by atoms with Gasteiger partial charge >= 0.3 is 5.97 Å². The lowest BCUT2D eigenvalue weighted by molar-refractivity contribution is -0.136. The molecule has 2 rings (SSSR count). The quantitative estimate of drug-likeness (QED) is 0.470. The third-order valence-corrected chi connectivity index (χ3v) is 2.59. The van der Waals surface area contributed by atoms with E-state index in [1.807, 2.05) is 24.3 Å². The van der Waals surface area contributed by atoms with Crippen LogP contribution in [0.15, 0.2) is 35.0 Å². The smallest absolute Gasteiger partial charge is 0.367 e. The lowest BCUT2D eigenvalue weighted by Gasteiger charge is -2.04. The molecule has 0 aromatic heterocycles. The highest BCUT2D eigenvalue weighted by Crippen LogP contribution is 2.23. The normalized spacial score (nSPS) is 16.9. The molecule has 0 fully saturated rings. The number of hydrogen-bond acceptors (Lipinski definition) is 4. The van der Waals surface area contributed by atoms with E-state index in [0.29, 0.717) is 17.0 Å². The first kappa shape index (κ1) is 11.7. The van der Waals surface area contributed by atoms with Gasteiger partial charge in [0, 0.05) is 5.56 Å². The monoisotopic (exact) mass is 251 g/mol. The highest BCUT2D eigenvalue weighted by Gasteiger charge is 2.24. The van der Waals surface area contributed by atoms with Crippen LogP contribution in [0.25, 0.3) is 6.08 Å². The molecule has 1 aliphatic heterocycles. The van der Waals surface area contributed by atoms with E-state index in [4.69, 9.17) is 16.3 Å². The van der Waals surface area contributed by atoms with Gasteiger partial charge in [0.25, 0.3) is 0 Å². The van der Waals surface area contributed by atoms with Crippen LogP contribution in [0.5, 0.6) is 5.75 Å². The predicted molar refractivity (Wildman–Crippen MR) is 65.2 cm³/mol. The van der Waals surface area contributed by atoms with E-state index in [-0.39, 0.29) is 5.88 Å². The van der Waals surface area contributed by atoms with Crippen molar-refractivity contribution in [2.75, 3.05) is 13.0 Å². The summed E-state index contributed by atoms with van der Waals surface area (Å²) in [6, 6.07) is 7.35. The molecule has 1 aromatic rings. The van der Waals surface area contributed by atoms with Gasteiger partial charge in [0.2, 0.25) is 0 Å². The SMILES string of the molecule is COc1ccccc1/C=C1/C(=O)ON=C1CCl. The number of oxime groups is 1. The Kier molecular flexibility index (Phi) is 3.44. The number of carbonyl (C=O) groups excluding carboxylic acids is 1. The van der Waals surface area contributed by atoms with Gasteiger partial charge in [-0.05, 0) is 12.1 Å². The number of nitrogens with zero attached hydrogens (tertiary/aromatic N) is 1. The van der Waals surface area contributed by atoms with Crippen molar-refractivity contribution in [1.29, 1.82) is 0 Å². The van der Waals surface area contributed by atoms with Gasteiger partial charge in [0.1, 0.15) is 11.5 Å². The molecule has 0 spiro atoms. The fourth-order valence-electron chi connectivity index (χ4n) is 1.49. The first-order chi connectivity index (χ1) is 8.26. The van der Waals surface area contributed by atoms with Gasteiger partial charge < -0.3 is 9.57 Å². The van der Waals surface area contributed by atoms with Crippen LogP contribution in [0, 0.1) is 0 Å². The van der Waals surface area contributed by atoms with E-state index < -0.39 is 5.97 Å². The zero-order valence-corrected chi connectivity index (χ0v) is 9.90.